The van der Waals surface area contributed by atoms with Crippen molar-refractivity contribution in [3.63, 3.8) is 0 Å². The molecule has 0 radical (unpaired) electrons. The Morgan fingerprint density at radius 3 is 1.87 bits per heavy atom. The predicted octanol–water partition coefficient (Wildman–Crippen LogP) is 5.83. The number of hydrogen-bond acceptors (Lipinski definition) is 4. The maximum Gasteiger partial charge on any atom is 0.227 e. The fourth-order valence-corrected chi connectivity index (χ4v) is 4.34. The van der Waals surface area contributed by atoms with Crippen LogP contribution in [-0.4, -0.2) is 23.1 Å². The molecule has 4 aromatic rings. The minimum absolute atomic E-state index is 0.802. The summed E-state index contributed by atoms with van der Waals surface area (Å²) in [6, 6.07) is 29.7. The van der Waals surface area contributed by atoms with Gasteiger partial charge in [-0.1, -0.05) is 72.8 Å². The quantitative estimate of drug-likeness (QED) is 0.402. The first kappa shape index (κ1) is 19.6. The number of hydrogen-bond donors (Lipinski definition) is 0. The molecule has 0 N–H and O–H groups in total. The van der Waals surface area contributed by atoms with Crippen molar-refractivity contribution in [1.82, 2.24) is 9.97 Å². The van der Waals surface area contributed by atoms with Crippen LogP contribution in [0.2, 0.25) is 0 Å². The smallest absolute Gasteiger partial charge is 0.227 e. The lowest BCUT2D eigenvalue weighted by atomic mass is 10.1. The van der Waals surface area contributed by atoms with Gasteiger partial charge in [0, 0.05) is 31.6 Å². The summed E-state index contributed by atoms with van der Waals surface area (Å²) in [7, 11) is 0. The van der Waals surface area contributed by atoms with Gasteiger partial charge in [0.2, 0.25) is 5.95 Å². The first-order valence-electron chi connectivity index (χ1n) is 11.2. The van der Waals surface area contributed by atoms with Crippen molar-refractivity contribution in [1.29, 1.82) is 0 Å². The van der Waals surface area contributed by atoms with Crippen molar-refractivity contribution < 1.29 is 0 Å². The van der Waals surface area contributed by atoms with E-state index in [-0.39, 0.29) is 0 Å². The second-order valence-electron chi connectivity index (χ2n) is 8.24. The number of benzene rings is 3. The zero-order valence-corrected chi connectivity index (χ0v) is 17.8. The maximum absolute atomic E-state index is 5.16. The summed E-state index contributed by atoms with van der Waals surface area (Å²) >= 11 is 0. The van der Waals surface area contributed by atoms with Crippen molar-refractivity contribution in [2.24, 2.45) is 0 Å². The Kier molecular flexibility index (Phi) is 5.79. The largest absolute Gasteiger partial charge is 0.347 e. The molecule has 31 heavy (non-hydrogen) atoms. The van der Waals surface area contributed by atoms with Crippen molar-refractivity contribution >= 4 is 22.7 Å². The van der Waals surface area contributed by atoms with E-state index in [1.807, 2.05) is 0 Å². The van der Waals surface area contributed by atoms with Crippen molar-refractivity contribution in [3.05, 3.63) is 96.1 Å². The third-order valence-corrected chi connectivity index (χ3v) is 5.94. The molecule has 0 unspecified atom stereocenters. The number of rotatable bonds is 6. The van der Waals surface area contributed by atoms with Gasteiger partial charge in [-0.2, -0.15) is 4.98 Å². The van der Waals surface area contributed by atoms with Gasteiger partial charge in [0.05, 0.1) is 5.52 Å². The van der Waals surface area contributed by atoms with E-state index in [4.69, 9.17) is 9.97 Å². The lowest BCUT2D eigenvalue weighted by Crippen LogP contribution is -2.32. The van der Waals surface area contributed by atoms with E-state index in [1.54, 1.807) is 0 Å². The van der Waals surface area contributed by atoms with Crippen LogP contribution in [0.4, 0.5) is 11.8 Å². The number of piperidine rings is 1. The van der Waals surface area contributed by atoms with Gasteiger partial charge < -0.3 is 9.80 Å². The SMILES string of the molecule is c1ccc(CN(Cc2ccccc2)c2nc(N3CCCCC3)nc3ccccc23)cc1. The van der Waals surface area contributed by atoms with Crippen molar-refractivity contribution in [2.75, 3.05) is 22.9 Å². The molecule has 4 heteroatoms. The number of anilines is 2. The van der Waals surface area contributed by atoms with Crippen LogP contribution in [0.1, 0.15) is 30.4 Å². The zero-order valence-electron chi connectivity index (χ0n) is 17.8. The van der Waals surface area contributed by atoms with E-state index in [0.717, 1.165) is 48.8 Å². The first-order chi connectivity index (χ1) is 15.4. The highest BCUT2D eigenvalue weighted by Gasteiger charge is 2.20. The van der Waals surface area contributed by atoms with E-state index in [9.17, 15) is 0 Å². The van der Waals surface area contributed by atoms with Gasteiger partial charge in [0.25, 0.3) is 0 Å². The van der Waals surface area contributed by atoms with Gasteiger partial charge in [0.1, 0.15) is 5.82 Å². The lowest BCUT2D eigenvalue weighted by Gasteiger charge is -2.30. The molecular weight excluding hydrogens is 380 g/mol. The highest BCUT2D eigenvalue weighted by atomic mass is 15.3. The number of aromatic nitrogens is 2. The molecule has 5 rings (SSSR count). The molecule has 3 aromatic carbocycles. The minimum atomic E-state index is 0.802. The molecule has 2 heterocycles. The van der Waals surface area contributed by atoms with Crippen LogP contribution in [0.25, 0.3) is 10.9 Å². The molecule has 4 nitrogen and oxygen atoms in total. The first-order valence-corrected chi connectivity index (χ1v) is 11.2. The van der Waals surface area contributed by atoms with Gasteiger partial charge in [-0.15, -0.1) is 0 Å². The van der Waals surface area contributed by atoms with E-state index in [0.29, 0.717) is 0 Å². The molecule has 1 aliphatic heterocycles. The normalized spacial score (nSPS) is 14.0. The van der Waals surface area contributed by atoms with Crippen LogP contribution in [0, 0.1) is 0 Å². The van der Waals surface area contributed by atoms with E-state index < -0.39 is 0 Å². The zero-order chi connectivity index (χ0) is 20.9. The van der Waals surface area contributed by atoms with E-state index in [2.05, 4.69) is 94.7 Å². The summed E-state index contributed by atoms with van der Waals surface area (Å²) in [5.41, 5.74) is 3.57. The Labute approximate surface area is 184 Å². The summed E-state index contributed by atoms with van der Waals surface area (Å²) in [4.78, 5) is 14.8. The fraction of sp³-hybridized carbons (Fsp3) is 0.259. The van der Waals surface area contributed by atoms with Crippen LogP contribution in [0.15, 0.2) is 84.9 Å². The maximum atomic E-state index is 5.16. The topological polar surface area (TPSA) is 32.3 Å². The van der Waals surface area contributed by atoms with Gasteiger partial charge in [-0.25, -0.2) is 4.98 Å². The molecule has 0 aliphatic carbocycles. The molecule has 1 aromatic heterocycles. The van der Waals surface area contributed by atoms with E-state index in [1.165, 1.54) is 30.4 Å². The third kappa shape index (κ3) is 4.53. The second kappa shape index (κ2) is 9.17. The summed E-state index contributed by atoms with van der Waals surface area (Å²) in [5.74, 6) is 1.87. The van der Waals surface area contributed by atoms with Crippen LogP contribution in [0.3, 0.4) is 0 Å². The monoisotopic (exact) mass is 408 g/mol. The predicted molar refractivity (Wildman–Crippen MR) is 128 cm³/mol. The second-order valence-corrected chi connectivity index (χ2v) is 8.24. The van der Waals surface area contributed by atoms with Crippen LogP contribution < -0.4 is 9.80 Å². The van der Waals surface area contributed by atoms with E-state index >= 15 is 0 Å². The molecule has 1 saturated heterocycles. The van der Waals surface area contributed by atoms with Gasteiger partial charge >= 0.3 is 0 Å². The molecule has 156 valence electrons. The molecule has 0 spiro atoms. The molecular formula is C27H28N4. The lowest BCUT2D eigenvalue weighted by molar-refractivity contribution is 0.568. The Balaban J connectivity index is 1.60. The van der Waals surface area contributed by atoms with Crippen LogP contribution in [-0.2, 0) is 13.1 Å². The van der Waals surface area contributed by atoms with Gasteiger partial charge in [-0.05, 0) is 42.5 Å². The van der Waals surface area contributed by atoms with Crippen molar-refractivity contribution in [3.8, 4) is 0 Å². The number of fused-ring (bicyclic) bond motifs is 1. The van der Waals surface area contributed by atoms with Crippen LogP contribution >= 0.6 is 0 Å². The van der Waals surface area contributed by atoms with Gasteiger partial charge in [-0.3, -0.25) is 0 Å². The summed E-state index contributed by atoms with van der Waals surface area (Å²) in [6.45, 7) is 3.68. The highest BCUT2D eigenvalue weighted by molar-refractivity contribution is 5.90. The molecule has 0 saturated carbocycles. The van der Waals surface area contributed by atoms with Crippen molar-refractivity contribution in [2.45, 2.75) is 32.4 Å². The van der Waals surface area contributed by atoms with Crippen LogP contribution in [0.5, 0.6) is 0 Å². The number of nitrogens with zero attached hydrogens (tertiary/aromatic N) is 4. The number of para-hydroxylation sites is 1. The molecule has 0 atom stereocenters. The fourth-order valence-electron chi connectivity index (χ4n) is 4.34. The molecule has 0 amide bonds. The average molecular weight is 409 g/mol. The summed E-state index contributed by atoms with van der Waals surface area (Å²) in [6.07, 6.45) is 3.72. The standard InChI is InChI=1S/C27H28N4/c1-4-12-22(13-5-1)20-31(21-23-14-6-2-7-15-23)26-24-16-8-9-17-25(24)28-27(29-26)30-18-10-3-11-19-30/h1-2,4-9,12-17H,3,10-11,18-21H2. The third-order valence-electron chi connectivity index (χ3n) is 5.94. The summed E-state index contributed by atoms with van der Waals surface area (Å²) in [5, 5.41) is 1.11. The Hall–Kier alpha value is -3.40. The highest BCUT2D eigenvalue weighted by Crippen LogP contribution is 2.30. The molecule has 1 fully saturated rings. The Morgan fingerprint density at radius 1 is 0.645 bits per heavy atom. The van der Waals surface area contributed by atoms with Gasteiger partial charge in [0.15, 0.2) is 0 Å². The average Bonchev–Trinajstić information content (AvgIpc) is 2.85. The molecule has 0 bridgehead atoms. The Bertz CT molecular complexity index is 1080. The summed E-state index contributed by atoms with van der Waals surface area (Å²) < 4.78 is 0. The minimum Gasteiger partial charge on any atom is -0.347 e. The Morgan fingerprint density at radius 2 is 1.23 bits per heavy atom. The molecule has 1 aliphatic rings.